The molecule has 3 saturated heterocycles. The van der Waals surface area contributed by atoms with Crippen LogP contribution in [0.25, 0.3) is 0 Å². The van der Waals surface area contributed by atoms with Gasteiger partial charge in [-0.1, -0.05) is 0 Å². The van der Waals surface area contributed by atoms with Crippen molar-refractivity contribution < 1.29 is 14.3 Å². The molecule has 0 atom stereocenters. The molecule has 6 heteroatoms. The van der Waals surface area contributed by atoms with Crippen LogP contribution in [0.3, 0.4) is 0 Å². The lowest BCUT2D eigenvalue weighted by Crippen LogP contribution is -2.50. The molecule has 0 aromatic rings. The van der Waals surface area contributed by atoms with Crippen molar-refractivity contribution in [3.8, 4) is 0 Å². The lowest BCUT2D eigenvalue weighted by atomic mass is 9.85. The fourth-order valence-corrected chi connectivity index (χ4v) is 3.85. The van der Waals surface area contributed by atoms with Crippen LogP contribution in [0.5, 0.6) is 0 Å². The maximum Gasteiger partial charge on any atom is 0.319 e. The topological polar surface area (TPSA) is 62.8 Å². The highest BCUT2D eigenvalue weighted by Crippen LogP contribution is 2.49. The number of nitrogens with one attached hydrogen (secondary N) is 2. The van der Waals surface area contributed by atoms with Gasteiger partial charge in [0.1, 0.15) is 5.72 Å². The van der Waals surface area contributed by atoms with E-state index in [-0.39, 0.29) is 23.8 Å². The first-order valence-corrected chi connectivity index (χ1v) is 8.19. The van der Waals surface area contributed by atoms with Gasteiger partial charge in [-0.3, -0.25) is 15.0 Å². The number of carbonyl (C=O) groups excluding carboxylic acids is 1. The van der Waals surface area contributed by atoms with E-state index in [1.165, 1.54) is 0 Å². The summed E-state index contributed by atoms with van der Waals surface area (Å²) < 4.78 is 11.4. The first-order valence-electron chi connectivity index (χ1n) is 8.19. The standard InChI is InChI=1S/C15H27N3O3/c1-2-20-13(19)11-17-15-5-3-14(21-15,4-6-15)12-18-9-7-16-8-10-18/h16-17H,2-12H2,1H3. The molecule has 0 aliphatic carbocycles. The van der Waals surface area contributed by atoms with E-state index in [0.29, 0.717) is 6.61 Å². The van der Waals surface area contributed by atoms with E-state index in [0.717, 1.165) is 58.4 Å². The number of rotatable bonds is 6. The van der Waals surface area contributed by atoms with Crippen LogP contribution in [0.1, 0.15) is 32.6 Å². The van der Waals surface area contributed by atoms with E-state index in [4.69, 9.17) is 9.47 Å². The summed E-state index contributed by atoms with van der Waals surface area (Å²) in [5.41, 5.74) is -0.292. The Kier molecular flexibility index (Phi) is 4.49. The Morgan fingerprint density at radius 3 is 2.67 bits per heavy atom. The van der Waals surface area contributed by atoms with Crippen molar-refractivity contribution in [3.63, 3.8) is 0 Å². The second-order valence-electron chi connectivity index (χ2n) is 6.46. The van der Waals surface area contributed by atoms with Crippen molar-refractivity contribution >= 4 is 5.97 Å². The molecule has 0 aromatic carbocycles. The summed E-state index contributed by atoms with van der Waals surface area (Å²) in [5, 5.41) is 6.69. The quantitative estimate of drug-likeness (QED) is 0.677. The zero-order valence-corrected chi connectivity index (χ0v) is 13.0. The van der Waals surface area contributed by atoms with Gasteiger partial charge in [0, 0.05) is 32.7 Å². The van der Waals surface area contributed by atoms with Crippen molar-refractivity contribution in [1.82, 2.24) is 15.5 Å². The summed E-state index contributed by atoms with van der Waals surface area (Å²) in [6, 6.07) is 0. The van der Waals surface area contributed by atoms with Crippen molar-refractivity contribution in [2.24, 2.45) is 0 Å². The van der Waals surface area contributed by atoms with Crippen molar-refractivity contribution in [3.05, 3.63) is 0 Å². The highest BCUT2D eigenvalue weighted by molar-refractivity contribution is 5.71. The van der Waals surface area contributed by atoms with Crippen LogP contribution in [0.4, 0.5) is 0 Å². The monoisotopic (exact) mass is 297 g/mol. The predicted octanol–water partition coefficient (Wildman–Crippen LogP) is 0.0836. The average Bonchev–Trinajstić information content (AvgIpc) is 3.03. The van der Waals surface area contributed by atoms with E-state index in [1.54, 1.807) is 0 Å². The van der Waals surface area contributed by atoms with Crippen LogP contribution in [0.2, 0.25) is 0 Å². The third-order valence-electron chi connectivity index (χ3n) is 4.96. The molecule has 0 aromatic heterocycles. The summed E-state index contributed by atoms with van der Waals surface area (Å²) in [5.74, 6) is -0.193. The Morgan fingerprint density at radius 1 is 1.29 bits per heavy atom. The first-order chi connectivity index (χ1) is 10.2. The van der Waals surface area contributed by atoms with Gasteiger partial charge in [0.05, 0.1) is 18.8 Å². The molecule has 3 aliphatic heterocycles. The number of piperazine rings is 1. The summed E-state index contributed by atoms with van der Waals surface area (Å²) in [6.07, 6.45) is 4.18. The van der Waals surface area contributed by atoms with Crippen LogP contribution < -0.4 is 10.6 Å². The maximum atomic E-state index is 11.5. The van der Waals surface area contributed by atoms with E-state index in [1.807, 2.05) is 6.92 Å². The lowest BCUT2D eigenvalue weighted by Gasteiger charge is -2.35. The molecule has 0 saturated carbocycles. The molecule has 21 heavy (non-hydrogen) atoms. The van der Waals surface area contributed by atoms with E-state index in [2.05, 4.69) is 15.5 Å². The van der Waals surface area contributed by atoms with E-state index >= 15 is 0 Å². The Bertz CT molecular complexity index is 374. The average molecular weight is 297 g/mol. The van der Waals surface area contributed by atoms with Gasteiger partial charge in [-0.2, -0.15) is 0 Å². The molecule has 3 fully saturated rings. The third kappa shape index (κ3) is 3.39. The van der Waals surface area contributed by atoms with Gasteiger partial charge in [-0.25, -0.2) is 0 Å². The molecule has 0 spiro atoms. The highest BCUT2D eigenvalue weighted by Gasteiger charge is 2.55. The molecule has 0 radical (unpaired) electrons. The zero-order valence-electron chi connectivity index (χ0n) is 13.0. The molecule has 2 bridgehead atoms. The molecule has 0 amide bonds. The highest BCUT2D eigenvalue weighted by atomic mass is 16.6. The number of esters is 1. The molecule has 6 nitrogen and oxygen atoms in total. The van der Waals surface area contributed by atoms with Crippen LogP contribution in [-0.2, 0) is 14.3 Å². The third-order valence-corrected chi connectivity index (χ3v) is 4.96. The second kappa shape index (κ2) is 6.20. The van der Waals surface area contributed by atoms with Gasteiger partial charge in [0.2, 0.25) is 0 Å². The summed E-state index contributed by atoms with van der Waals surface area (Å²) >= 11 is 0. The molecular weight excluding hydrogens is 270 g/mol. The van der Waals surface area contributed by atoms with E-state index < -0.39 is 0 Å². The SMILES string of the molecule is CCOC(=O)CNC12CCC(CN3CCNCC3)(CC1)O2. The zero-order chi connectivity index (χ0) is 14.8. The van der Waals surface area contributed by atoms with Crippen LogP contribution in [0, 0.1) is 0 Å². The van der Waals surface area contributed by atoms with Crippen molar-refractivity contribution in [2.75, 3.05) is 45.9 Å². The lowest BCUT2D eigenvalue weighted by molar-refractivity contribution is -0.144. The largest absolute Gasteiger partial charge is 0.465 e. The number of nitrogens with zero attached hydrogens (tertiary/aromatic N) is 1. The minimum Gasteiger partial charge on any atom is -0.465 e. The first kappa shape index (κ1) is 15.2. The van der Waals surface area contributed by atoms with Crippen LogP contribution in [-0.4, -0.2) is 68.1 Å². The summed E-state index contributed by atoms with van der Waals surface area (Å²) in [4.78, 5) is 14.0. The fourth-order valence-electron chi connectivity index (χ4n) is 3.85. The maximum absolute atomic E-state index is 11.5. The number of ether oxygens (including phenoxy) is 2. The van der Waals surface area contributed by atoms with Gasteiger partial charge in [-0.15, -0.1) is 0 Å². The minimum atomic E-state index is -0.291. The van der Waals surface area contributed by atoms with Crippen molar-refractivity contribution in [1.29, 1.82) is 0 Å². The van der Waals surface area contributed by atoms with Crippen molar-refractivity contribution in [2.45, 2.75) is 43.9 Å². The molecule has 0 unspecified atom stereocenters. The molecule has 2 N–H and O–H groups in total. The molecule has 3 heterocycles. The predicted molar refractivity (Wildman–Crippen MR) is 79.0 cm³/mol. The van der Waals surface area contributed by atoms with Crippen LogP contribution >= 0.6 is 0 Å². The summed E-state index contributed by atoms with van der Waals surface area (Å²) in [6.45, 7) is 7.89. The Hall–Kier alpha value is -0.690. The number of fused-ring (bicyclic) bond motifs is 2. The fraction of sp³-hybridized carbons (Fsp3) is 0.933. The molecule has 120 valence electrons. The Morgan fingerprint density at radius 2 is 2.00 bits per heavy atom. The van der Waals surface area contributed by atoms with Gasteiger partial charge in [0.15, 0.2) is 0 Å². The Balaban J connectivity index is 1.51. The number of hydrogen-bond acceptors (Lipinski definition) is 6. The normalized spacial score (nSPS) is 36.0. The molecular formula is C15H27N3O3. The number of hydrogen-bond donors (Lipinski definition) is 2. The Labute approximate surface area is 126 Å². The smallest absolute Gasteiger partial charge is 0.319 e. The minimum absolute atomic E-state index is 0.000991. The summed E-state index contributed by atoms with van der Waals surface area (Å²) in [7, 11) is 0. The molecule has 3 rings (SSSR count). The number of carbonyl (C=O) groups is 1. The van der Waals surface area contributed by atoms with Gasteiger partial charge in [0.25, 0.3) is 0 Å². The van der Waals surface area contributed by atoms with Gasteiger partial charge < -0.3 is 14.8 Å². The van der Waals surface area contributed by atoms with E-state index in [9.17, 15) is 4.79 Å². The van der Waals surface area contributed by atoms with Gasteiger partial charge >= 0.3 is 5.97 Å². The van der Waals surface area contributed by atoms with Crippen LogP contribution in [0.15, 0.2) is 0 Å². The van der Waals surface area contributed by atoms with Gasteiger partial charge in [-0.05, 0) is 32.6 Å². The molecule has 3 aliphatic rings. The second-order valence-corrected chi connectivity index (χ2v) is 6.46.